The summed E-state index contributed by atoms with van der Waals surface area (Å²) in [6.07, 6.45) is 0. The number of thiazole rings is 1. The normalized spacial score (nSPS) is 11.3. The van der Waals surface area contributed by atoms with E-state index in [0.717, 1.165) is 27.4 Å². The Balaban J connectivity index is 1.96. The van der Waals surface area contributed by atoms with Gasteiger partial charge in [0.15, 0.2) is 16.3 Å². The minimum atomic E-state index is 0.650. The average Bonchev–Trinajstić information content (AvgIpc) is 3.27. The molecule has 0 aliphatic heterocycles. The van der Waals surface area contributed by atoms with Crippen LogP contribution in [-0.4, -0.2) is 33.0 Å². The molecule has 0 radical (unpaired) electrons. The first kappa shape index (κ1) is 21.5. The van der Waals surface area contributed by atoms with Gasteiger partial charge in [0, 0.05) is 29.6 Å². The highest BCUT2D eigenvalue weighted by Gasteiger charge is 2.13. The van der Waals surface area contributed by atoms with Crippen molar-refractivity contribution in [2.75, 3.05) is 28.4 Å². The maximum atomic E-state index is 5.54. The van der Waals surface area contributed by atoms with Gasteiger partial charge in [0.1, 0.15) is 11.5 Å². The second kappa shape index (κ2) is 9.62. The summed E-state index contributed by atoms with van der Waals surface area (Å²) < 4.78 is 23.9. The lowest BCUT2D eigenvalue weighted by Gasteiger charge is -2.13. The lowest BCUT2D eigenvalue weighted by Crippen LogP contribution is -2.14. The summed E-state index contributed by atoms with van der Waals surface area (Å²) in [4.78, 5) is 5.73. The molecule has 164 valence electrons. The molecule has 0 saturated heterocycles. The van der Waals surface area contributed by atoms with Crippen LogP contribution >= 0.6 is 11.3 Å². The third-order valence-electron chi connectivity index (χ3n) is 4.96. The fraction of sp³-hybridized carbons (Fsp3) is 0.160. The molecule has 0 aliphatic carbocycles. The van der Waals surface area contributed by atoms with Gasteiger partial charge in [-0.15, -0.1) is 11.3 Å². The zero-order valence-electron chi connectivity index (χ0n) is 18.4. The second-order valence-corrected chi connectivity index (χ2v) is 7.66. The number of hydrogen-bond acceptors (Lipinski definition) is 6. The van der Waals surface area contributed by atoms with Crippen LogP contribution in [0, 0.1) is 0 Å². The summed E-state index contributed by atoms with van der Waals surface area (Å²) in [6.45, 7) is 0. The molecule has 4 aromatic rings. The van der Waals surface area contributed by atoms with E-state index in [4.69, 9.17) is 23.9 Å². The van der Waals surface area contributed by atoms with Gasteiger partial charge in [-0.2, -0.15) is 0 Å². The summed E-state index contributed by atoms with van der Waals surface area (Å²) >= 11 is 1.55. The van der Waals surface area contributed by atoms with Gasteiger partial charge in [0.05, 0.1) is 45.5 Å². The maximum absolute atomic E-state index is 5.54. The highest BCUT2D eigenvalue weighted by molar-refractivity contribution is 7.07. The zero-order chi connectivity index (χ0) is 22.5. The minimum Gasteiger partial charge on any atom is -0.497 e. The van der Waals surface area contributed by atoms with E-state index in [9.17, 15) is 0 Å². The van der Waals surface area contributed by atoms with Gasteiger partial charge in [0.2, 0.25) is 0 Å². The number of methoxy groups -OCH3 is 4. The van der Waals surface area contributed by atoms with E-state index in [1.165, 1.54) is 0 Å². The van der Waals surface area contributed by atoms with Crippen LogP contribution in [0.15, 0.2) is 77.1 Å². The fourth-order valence-electron chi connectivity index (χ4n) is 3.38. The van der Waals surface area contributed by atoms with Crippen LogP contribution in [-0.2, 0) is 0 Å². The fourth-order valence-corrected chi connectivity index (χ4v) is 4.31. The van der Waals surface area contributed by atoms with E-state index in [2.05, 4.69) is 22.1 Å². The molecule has 1 heterocycles. The molecular weight excluding hydrogens is 424 g/mol. The summed E-state index contributed by atoms with van der Waals surface area (Å²) in [6, 6.07) is 21.6. The summed E-state index contributed by atoms with van der Waals surface area (Å²) in [5, 5.41) is 2.10. The van der Waals surface area contributed by atoms with Gasteiger partial charge >= 0.3 is 0 Å². The molecular formula is C25H24N2O4S. The second-order valence-electron chi connectivity index (χ2n) is 6.83. The SMILES string of the molecule is COc1cc(N=c2scc(-c3ccccc3)n2-c2ccc(OC)c(OC)c2)cc(OC)c1. The van der Waals surface area contributed by atoms with Crippen molar-refractivity contribution in [3.63, 3.8) is 0 Å². The van der Waals surface area contributed by atoms with E-state index in [1.54, 1.807) is 39.8 Å². The van der Waals surface area contributed by atoms with Crippen molar-refractivity contribution in [2.45, 2.75) is 0 Å². The van der Waals surface area contributed by atoms with Crippen LogP contribution in [0.4, 0.5) is 5.69 Å². The number of rotatable bonds is 7. The van der Waals surface area contributed by atoms with Gasteiger partial charge in [-0.1, -0.05) is 30.3 Å². The third kappa shape index (κ3) is 4.33. The van der Waals surface area contributed by atoms with E-state index in [1.807, 2.05) is 54.6 Å². The standard InChI is InChI=1S/C25H24N2O4S/c1-28-20-12-18(13-21(15-20)29-2)26-25-27(19-10-11-23(30-3)24(14-19)31-4)22(16-32-25)17-8-6-5-7-9-17/h5-16H,1-4H3. The van der Waals surface area contributed by atoms with Crippen molar-refractivity contribution in [1.29, 1.82) is 0 Å². The molecule has 7 heteroatoms. The molecule has 0 spiro atoms. The number of hydrogen-bond donors (Lipinski definition) is 0. The third-order valence-corrected chi connectivity index (χ3v) is 5.79. The molecule has 0 aliphatic rings. The maximum Gasteiger partial charge on any atom is 0.195 e. The van der Waals surface area contributed by atoms with Crippen LogP contribution in [0.3, 0.4) is 0 Å². The quantitative estimate of drug-likeness (QED) is 0.376. The molecule has 0 saturated carbocycles. The highest BCUT2D eigenvalue weighted by atomic mass is 32.1. The van der Waals surface area contributed by atoms with Crippen molar-refractivity contribution < 1.29 is 18.9 Å². The van der Waals surface area contributed by atoms with Crippen molar-refractivity contribution in [3.8, 4) is 39.9 Å². The minimum absolute atomic E-state index is 0.650. The highest BCUT2D eigenvalue weighted by Crippen LogP contribution is 2.32. The number of benzene rings is 3. The number of nitrogens with zero attached hydrogens (tertiary/aromatic N) is 2. The molecule has 0 atom stereocenters. The van der Waals surface area contributed by atoms with Crippen molar-refractivity contribution >= 4 is 17.0 Å². The Morgan fingerprint density at radius 1 is 0.719 bits per heavy atom. The Kier molecular flexibility index (Phi) is 6.47. The monoisotopic (exact) mass is 448 g/mol. The topological polar surface area (TPSA) is 54.2 Å². The number of ether oxygens (including phenoxy) is 4. The first-order chi connectivity index (χ1) is 15.7. The van der Waals surface area contributed by atoms with Crippen LogP contribution in [0.25, 0.3) is 16.9 Å². The number of aromatic nitrogens is 1. The molecule has 0 fully saturated rings. The molecule has 6 nitrogen and oxygen atoms in total. The molecule has 0 N–H and O–H groups in total. The predicted molar refractivity (Wildman–Crippen MR) is 127 cm³/mol. The van der Waals surface area contributed by atoms with E-state index >= 15 is 0 Å². The van der Waals surface area contributed by atoms with Gasteiger partial charge in [-0.25, -0.2) is 4.99 Å². The van der Waals surface area contributed by atoms with E-state index in [-0.39, 0.29) is 0 Å². The molecule has 1 aromatic heterocycles. The molecule has 3 aromatic carbocycles. The van der Waals surface area contributed by atoms with Crippen LogP contribution in [0.2, 0.25) is 0 Å². The van der Waals surface area contributed by atoms with Gasteiger partial charge < -0.3 is 18.9 Å². The largest absolute Gasteiger partial charge is 0.497 e. The van der Waals surface area contributed by atoms with Crippen LogP contribution < -0.4 is 23.7 Å². The predicted octanol–water partition coefficient (Wildman–Crippen LogP) is 5.47. The first-order valence-electron chi connectivity index (χ1n) is 9.93. The lowest BCUT2D eigenvalue weighted by atomic mass is 10.1. The summed E-state index contributed by atoms with van der Waals surface area (Å²) in [5.74, 6) is 2.68. The zero-order valence-corrected chi connectivity index (χ0v) is 19.2. The summed E-state index contributed by atoms with van der Waals surface area (Å²) in [7, 11) is 6.51. The Hall–Kier alpha value is -3.71. The Bertz CT molecular complexity index is 1260. The lowest BCUT2D eigenvalue weighted by molar-refractivity contribution is 0.355. The molecule has 4 rings (SSSR count). The van der Waals surface area contributed by atoms with Gasteiger partial charge in [0.25, 0.3) is 0 Å². The Morgan fingerprint density at radius 3 is 2.03 bits per heavy atom. The van der Waals surface area contributed by atoms with Crippen LogP contribution in [0.1, 0.15) is 0 Å². The molecule has 0 bridgehead atoms. The van der Waals surface area contributed by atoms with Crippen molar-refractivity contribution in [3.05, 3.63) is 76.9 Å². The molecule has 0 amide bonds. The smallest absolute Gasteiger partial charge is 0.195 e. The molecule has 32 heavy (non-hydrogen) atoms. The van der Waals surface area contributed by atoms with Crippen LogP contribution in [0.5, 0.6) is 23.0 Å². The molecule has 0 unspecified atom stereocenters. The van der Waals surface area contributed by atoms with E-state index < -0.39 is 0 Å². The van der Waals surface area contributed by atoms with Crippen molar-refractivity contribution in [1.82, 2.24) is 4.57 Å². The Morgan fingerprint density at radius 2 is 1.41 bits per heavy atom. The van der Waals surface area contributed by atoms with Crippen molar-refractivity contribution in [2.24, 2.45) is 4.99 Å². The summed E-state index contributed by atoms with van der Waals surface area (Å²) in [5.41, 5.74) is 3.76. The average molecular weight is 449 g/mol. The van der Waals surface area contributed by atoms with Gasteiger partial charge in [-0.3, -0.25) is 4.57 Å². The Labute approximate surface area is 190 Å². The first-order valence-corrected chi connectivity index (χ1v) is 10.8. The van der Waals surface area contributed by atoms with E-state index in [0.29, 0.717) is 23.0 Å². The van der Waals surface area contributed by atoms with Gasteiger partial charge in [-0.05, 0) is 17.7 Å².